The van der Waals surface area contributed by atoms with Crippen LogP contribution in [0.15, 0.2) is 24.3 Å². The SMILES string of the molecule is NC(=O)c1ccc(C2CCC(CCC(=O)O)CC2)cc1. The van der Waals surface area contributed by atoms with Crippen molar-refractivity contribution in [1.29, 1.82) is 0 Å². The predicted octanol–water partition coefficient (Wildman–Crippen LogP) is 2.92. The van der Waals surface area contributed by atoms with E-state index in [2.05, 4.69) is 0 Å². The van der Waals surface area contributed by atoms with Gasteiger partial charge in [-0.25, -0.2) is 0 Å². The highest BCUT2D eigenvalue weighted by Crippen LogP contribution is 2.37. The first-order chi connectivity index (χ1) is 9.56. The van der Waals surface area contributed by atoms with E-state index < -0.39 is 11.9 Å². The van der Waals surface area contributed by atoms with Crippen LogP contribution < -0.4 is 5.73 Å². The summed E-state index contributed by atoms with van der Waals surface area (Å²) in [5, 5.41) is 8.71. The summed E-state index contributed by atoms with van der Waals surface area (Å²) in [5.41, 5.74) is 7.03. The number of carbonyl (C=O) groups is 2. The summed E-state index contributed by atoms with van der Waals surface area (Å²) < 4.78 is 0. The minimum absolute atomic E-state index is 0.280. The number of hydrogen-bond acceptors (Lipinski definition) is 2. The predicted molar refractivity (Wildman–Crippen MR) is 76.5 cm³/mol. The van der Waals surface area contributed by atoms with Crippen LogP contribution in [0, 0.1) is 5.92 Å². The summed E-state index contributed by atoms with van der Waals surface area (Å²) in [6, 6.07) is 7.55. The van der Waals surface area contributed by atoms with E-state index in [1.165, 1.54) is 5.56 Å². The van der Waals surface area contributed by atoms with Crippen molar-refractivity contribution in [1.82, 2.24) is 0 Å². The van der Waals surface area contributed by atoms with Crippen molar-refractivity contribution in [2.45, 2.75) is 44.4 Å². The van der Waals surface area contributed by atoms with E-state index in [0.29, 0.717) is 17.4 Å². The molecule has 108 valence electrons. The molecule has 1 aromatic carbocycles. The van der Waals surface area contributed by atoms with Crippen LogP contribution in [-0.2, 0) is 4.79 Å². The molecule has 4 heteroatoms. The molecule has 0 spiro atoms. The van der Waals surface area contributed by atoms with Crippen LogP contribution in [0.25, 0.3) is 0 Å². The first-order valence-electron chi connectivity index (χ1n) is 7.18. The van der Waals surface area contributed by atoms with Gasteiger partial charge < -0.3 is 10.8 Å². The summed E-state index contributed by atoms with van der Waals surface area (Å²) in [6.45, 7) is 0. The Balaban J connectivity index is 1.87. The number of carboxylic acids is 1. The molecule has 1 aromatic rings. The zero-order chi connectivity index (χ0) is 14.5. The quantitative estimate of drug-likeness (QED) is 0.867. The number of hydrogen-bond donors (Lipinski definition) is 2. The first kappa shape index (κ1) is 14.6. The minimum atomic E-state index is -0.700. The number of carboxylic acid groups (broad SMARTS) is 1. The Bertz CT molecular complexity index is 473. The van der Waals surface area contributed by atoms with Crippen LogP contribution in [0.4, 0.5) is 0 Å². The summed E-state index contributed by atoms with van der Waals surface area (Å²) >= 11 is 0. The Morgan fingerprint density at radius 2 is 1.70 bits per heavy atom. The van der Waals surface area contributed by atoms with E-state index in [0.717, 1.165) is 32.1 Å². The van der Waals surface area contributed by atoms with Gasteiger partial charge in [0.2, 0.25) is 5.91 Å². The average molecular weight is 275 g/mol. The van der Waals surface area contributed by atoms with Crippen molar-refractivity contribution in [3.05, 3.63) is 35.4 Å². The molecule has 1 amide bonds. The van der Waals surface area contributed by atoms with E-state index in [4.69, 9.17) is 10.8 Å². The van der Waals surface area contributed by atoms with Crippen LogP contribution in [0.5, 0.6) is 0 Å². The second-order valence-corrected chi connectivity index (χ2v) is 5.64. The number of nitrogens with two attached hydrogens (primary N) is 1. The first-order valence-corrected chi connectivity index (χ1v) is 7.18. The Morgan fingerprint density at radius 1 is 1.10 bits per heavy atom. The summed E-state index contributed by atoms with van der Waals surface area (Å²) in [7, 11) is 0. The van der Waals surface area contributed by atoms with E-state index in [-0.39, 0.29) is 6.42 Å². The van der Waals surface area contributed by atoms with Gasteiger partial charge in [-0.05, 0) is 61.6 Å². The fraction of sp³-hybridized carbons (Fsp3) is 0.500. The summed E-state index contributed by atoms with van der Waals surface area (Å²) in [6.07, 6.45) is 5.46. The van der Waals surface area contributed by atoms with Gasteiger partial charge in [-0.3, -0.25) is 9.59 Å². The van der Waals surface area contributed by atoms with Gasteiger partial charge in [-0.2, -0.15) is 0 Å². The highest BCUT2D eigenvalue weighted by molar-refractivity contribution is 5.92. The smallest absolute Gasteiger partial charge is 0.303 e. The number of aliphatic carboxylic acids is 1. The Morgan fingerprint density at radius 3 is 2.20 bits per heavy atom. The lowest BCUT2D eigenvalue weighted by Crippen LogP contribution is -2.15. The molecular weight excluding hydrogens is 254 g/mol. The van der Waals surface area contributed by atoms with Gasteiger partial charge in [0, 0.05) is 12.0 Å². The molecule has 0 radical (unpaired) electrons. The van der Waals surface area contributed by atoms with Gasteiger partial charge >= 0.3 is 5.97 Å². The second kappa shape index (κ2) is 6.55. The van der Waals surface area contributed by atoms with E-state index >= 15 is 0 Å². The van der Waals surface area contributed by atoms with Crippen LogP contribution in [-0.4, -0.2) is 17.0 Å². The Labute approximate surface area is 119 Å². The maximum Gasteiger partial charge on any atom is 0.303 e. The van der Waals surface area contributed by atoms with Crippen molar-refractivity contribution in [2.24, 2.45) is 11.7 Å². The summed E-state index contributed by atoms with van der Waals surface area (Å²) in [4.78, 5) is 21.6. The molecule has 1 aliphatic rings. The molecule has 1 fully saturated rings. The zero-order valence-corrected chi connectivity index (χ0v) is 11.5. The maximum atomic E-state index is 11.0. The third-order valence-electron chi connectivity index (χ3n) is 4.28. The van der Waals surface area contributed by atoms with Crippen molar-refractivity contribution < 1.29 is 14.7 Å². The molecule has 0 heterocycles. The van der Waals surface area contributed by atoms with Crippen LogP contribution >= 0.6 is 0 Å². The van der Waals surface area contributed by atoms with Gasteiger partial charge in [-0.15, -0.1) is 0 Å². The maximum absolute atomic E-state index is 11.0. The highest BCUT2D eigenvalue weighted by Gasteiger charge is 2.22. The fourth-order valence-corrected chi connectivity index (χ4v) is 3.03. The monoisotopic (exact) mass is 275 g/mol. The molecule has 1 saturated carbocycles. The molecule has 3 N–H and O–H groups in total. The number of rotatable bonds is 5. The number of carbonyl (C=O) groups excluding carboxylic acids is 1. The van der Waals surface area contributed by atoms with Gasteiger partial charge in [0.15, 0.2) is 0 Å². The third kappa shape index (κ3) is 3.83. The lowest BCUT2D eigenvalue weighted by Gasteiger charge is -2.28. The number of amides is 1. The molecule has 0 saturated heterocycles. The summed E-state index contributed by atoms with van der Waals surface area (Å²) in [5.74, 6) is -0.0201. The molecule has 20 heavy (non-hydrogen) atoms. The lowest BCUT2D eigenvalue weighted by molar-refractivity contribution is -0.137. The standard InChI is InChI=1S/C16H21NO3/c17-16(20)14-8-6-13(7-9-14)12-4-1-11(2-5-12)3-10-15(18)19/h6-9,11-12H,1-5,10H2,(H2,17,20)(H,18,19). The van der Waals surface area contributed by atoms with Gasteiger partial charge in [0.25, 0.3) is 0 Å². The average Bonchev–Trinajstić information content (AvgIpc) is 2.46. The highest BCUT2D eigenvalue weighted by atomic mass is 16.4. The largest absolute Gasteiger partial charge is 0.481 e. The zero-order valence-electron chi connectivity index (χ0n) is 11.5. The lowest BCUT2D eigenvalue weighted by atomic mass is 9.77. The van der Waals surface area contributed by atoms with E-state index in [1.54, 1.807) is 12.1 Å². The Hall–Kier alpha value is -1.84. The topological polar surface area (TPSA) is 80.4 Å². The van der Waals surface area contributed by atoms with Gasteiger partial charge in [0.1, 0.15) is 0 Å². The van der Waals surface area contributed by atoms with Crippen LogP contribution in [0.3, 0.4) is 0 Å². The van der Waals surface area contributed by atoms with E-state index in [9.17, 15) is 9.59 Å². The van der Waals surface area contributed by atoms with Crippen molar-refractivity contribution in [3.8, 4) is 0 Å². The molecule has 4 nitrogen and oxygen atoms in total. The van der Waals surface area contributed by atoms with E-state index in [1.807, 2.05) is 12.1 Å². The molecule has 0 aromatic heterocycles. The molecule has 0 bridgehead atoms. The molecule has 2 rings (SSSR count). The van der Waals surface area contributed by atoms with Crippen LogP contribution in [0.2, 0.25) is 0 Å². The minimum Gasteiger partial charge on any atom is -0.481 e. The third-order valence-corrected chi connectivity index (χ3v) is 4.28. The fourth-order valence-electron chi connectivity index (χ4n) is 3.03. The number of primary amides is 1. The Kier molecular flexibility index (Phi) is 4.77. The molecule has 1 aliphatic carbocycles. The van der Waals surface area contributed by atoms with Crippen molar-refractivity contribution >= 4 is 11.9 Å². The number of benzene rings is 1. The molecule has 0 aliphatic heterocycles. The van der Waals surface area contributed by atoms with Gasteiger partial charge in [0.05, 0.1) is 0 Å². The second-order valence-electron chi connectivity index (χ2n) is 5.64. The molecular formula is C16H21NO3. The van der Waals surface area contributed by atoms with Crippen molar-refractivity contribution in [3.63, 3.8) is 0 Å². The van der Waals surface area contributed by atoms with Crippen LogP contribution in [0.1, 0.15) is 60.4 Å². The molecule has 0 atom stereocenters. The van der Waals surface area contributed by atoms with Gasteiger partial charge in [-0.1, -0.05) is 12.1 Å². The normalized spacial score (nSPS) is 22.4. The molecule has 0 unspecified atom stereocenters. The van der Waals surface area contributed by atoms with Crippen molar-refractivity contribution in [2.75, 3.05) is 0 Å².